The molecule has 0 amide bonds. The maximum absolute atomic E-state index is 12.7. The molecule has 3 heteroatoms. The molecule has 0 bridgehead atoms. The van der Waals surface area contributed by atoms with Gasteiger partial charge < -0.3 is 16.1 Å². The summed E-state index contributed by atoms with van der Waals surface area (Å²) < 4.78 is 0. The van der Waals surface area contributed by atoms with Crippen molar-refractivity contribution >= 4 is 5.97 Å². The second kappa shape index (κ2) is 32.3. The molecule has 0 aromatic rings. The van der Waals surface area contributed by atoms with Gasteiger partial charge in [-0.1, -0.05) is 201 Å². The summed E-state index contributed by atoms with van der Waals surface area (Å²) in [5.74, 6) is -0.451. The molecule has 41 heavy (non-hydrogen) atoms. The Morgan fingerprint density at radius 2 is 0.780 bits per heavy atom. The number of hydrogen-bond acceptors (Lipinski definition) is 2. The highest BCUT2D eigenvalue weighted by Crippen LogP contribution is 2.43. The second-order valence-electron chi connectivity index (χ2n) is 13.3. The zero-order chi connectivity index (χ0) is 29.6. The minimum Gasteiger partial charge on any atom is -0.550 e. The zero-order valence-electron chi connectivity index (χ0n) is 29.3. The predicted octanol–water partition coefficient (Wildman–Crippen LogP) is 12.9. The summed E-state index contributed by atoms with van der Waals surface area (Å²) >= 11 is 0. The third kappa shape index (κ3) is 23.6. The maximum Gasteiger partial charge on any atom is 0.0478 e. The summed E-state index contributed by atoms with van der Waals surface area (Å²) in [6, 6.07) is 0. The number of carbonyl (C=O) groups is 1. The molecular weight excluding hydrogens is 502 g/mol. The molecule has 3 nitrogen and oxygen atoms in total. The SMILES string of the molecule is CCCCCCCCCCCCCCCC(CCC)C(CCC)(CCCCCCCCCCCCCC)C(=O)[O-].[NH4+]. The van der Waals surface area contributed by atoms with E-state index < -0.39 is 11.4 Å². The Bertz CT molecular complexity index is 522. The lowest BCUT2D eigenvalue weighted by atomic mass is 9.65. The minimum atomic E-state index is -0.745. The fraction of sp³-hybridized carbons (Fsp3) is 0.974. The highest BCUT2D eigenvalue weighted by Gasteiger charge is 2.38. The summed E-state index contributed by atoms with van der Waals surface area (Å²) in [6.07, 6.45) is 39.5. The van der Waals surface area contributed by atoms with Crippen molar-refractivity contribution in [2.75, 3.05) is 0 Å². The number of hydrogen-bond donors (Lipinski definition) is 1. The Morgan fingerprint density at radius 1 is 0.439 bits per heavy atom. The highest BCUT2D eigenvalue weighted by molar-refractivity contribution is 5.72. The lowest BCUT2D eigenvalue weighted by molar-refractivity contribution is -0.323. The van der Waals surface area contributed by atoms with Crippen LogP contribution in [0.1, 0.15) is 227 Å². The second-order valence-corrected chi connectivity index (χ2v) is 13.3. The number of rotatable bonds is 33. The Labute approximate surface area is 259 Å². The lowest BCUT2D eigenvalue weighted by Crippen LogP contribution is -2.47. The number of carbonyl (C=O) groups excluding carboxylic acids is 1. The molecule has 0 aromatic carbocycles. The normalized spacial score (nSPS) is 13.6. The standard InChI is InChI=1S/C38H76O2.H3N/c1-5-9-11-13-15-17-19-21-22-24-26-28-30-33-36(32-7-3)38(34-8-4,37(39)40)35-31-29-27-25-23-20-18-16-14-12-10-6-2;/h36H,5-35H2,1-4H3,(H,39,40);1H3. The van der Waals surface area contributed by atoms with Crippen molar-refractivity contribution in [3.63, 3.8) is 0 Å². The molecule has 0 saturated carbocycles. The summed E-state index contributed by atoms with van der Waals surface area (Å²) in [4.78, 5) is 12.7. The number of aliphatic carboxylic acids is 1. The van der Waals surface area contributed by atoms with Crippen molar-refractivity contribution in [3.05, 3.63) is 0 Å². The molecule has 248 valence electrons. The van der Waals surface area contributed by atoms with Crippen LogP contribution < -0.4 is 11.3 Å². The van der Waals surface area contributed by atoms with Crippen LogP contribution in [0.2, 0.25) is 0 Å². The van der Waals surface area contributed by atoms with Crippen molar-refractivity contribution in [1.82, 2.24) is 6.15 Å². The van der Waals surface area contributed by atoms with Crippen LogP contribution in [0.25, 0.3) is 0 Å². The van der Waals surface area contributed by atoms with Gasteiger partial charge in [-0.3, -0.25) is 0 Å². The first-order chi connectivity index (χ1) is 19.6. The molecular formula is C38H79NO2. The molecule has 0 fully saturated rings. The first-order valence-electron chi connectivity index (χ1n) is 18.8. The molecule has 0 spiro atoms. The molecule has 2 atom stereocenters. The summed E-state index contributed by atoms with van der Waals surface area (Å²) in [7, 11) is 0. The van der Waals surface area contributed by atoms with Gasteiger partial charge in [0.15, 0.2) is 0 Å². The molecule has 0 saturated heterocycles. The van der Waals surface area contributed by atoms with Crippen LogP contribution >= 0.6 is 0 Å². The number of carboxylic acid groups (broad SMARTS) is 1. The Kier molecular flexibility index (Phi) is 33.6. The van der Waals surface area contributed by atoms with E-state index in [9.17, 15) is 9.90 Å². The van der Waals surface area contributed by atoms with E-state index in [1.54, 1.807) is 0 Å². The van der Waals surface area contributed by atoms with Gasteiger partial charge in [0.25, 0.3) is 0 Å². The van der Waals surface area contributed by atoms with Crippen LogP contribution in [0.15, 0.2) is 0 Å². The van der Waals surface area contributed by atoms with Gasteiger partial charge in [-0.15, -0.1) is 0 Å². The van der Waals surface area contributed by atoms with Crippen LogP contribution in [0.3, 0.4) is 0 Å². The van der Waals surface area contributed by atoms with Crippen LogP contribution in [0, 0.1) is 11.3 Å². The van der Waals surface area contributed by atoms with Crippen molar-refractivity contribution < 1.29 is 9.90 Å². The molecule has 0 heterocycles. The van der Waals surface area contributed by atoms with Crippen LogP contribution in [-0.2, 0) is 4.79 Å². The first-order valence-corrected chi connectivity index (χ1v) is 18.8. The number of quaternary nitrogens is 1. The number of carboxylic acids is 1. The predicted molar refractivity (Wildman–Crippen MR) is 183 cm³/mol. The zero-order valence-corrected chi connectivity index (χ0v) is 29.3. The first kappa shape index (κ1) is 42.6. The van der Waals surface area contributed by atoms with Crippen LogP contribution in [-0.4, -0.2) is 5.97 Å². The van der Waals surface area contributed by atoms with Gasteiger partial charge in [0.2, 0.25) is 0 Å². The van der Waals surface area contributed by atoms with Gasteiger partial charge in [-0.2, -0.15) is 0 Å². The van der Waals surface area contributed by atoms with Crippen LogP contribution in [0.4, 0.5) is 0 Å². The van der Waals surface area contributed by atoms with E-state index in [0.29, 0.717) is 5.92 Å². The molecule has 0 aromatic heterocycles. The Hall–Kier alpha value is -0.570. The fourth-order valence-corrected chi connectivity index (χ4v) is 7.09. The van der Waals surface area contributed by atoms with E-state index in [1.165, 1.54) is 154 Å². The summed E-state index contributed by atoms with van der Waals surface area (Å²) in [6.45, 7) is 8.96. The van der Waals surface area contributed by atoms with Crippen molar-refractivity contribution in [2.45, 2.75) is 227 Å². The van der Waals surface area contributed by atoms with Crippen molar-refractivity contribution in [1.29, 1.82) is 0 Å². The van der Waals surface area contributed by atoms with E-state index >= 15 is 0 Å². The van der Waals surface area contributed by atoms with E-state index in [4.69, 9.17) is 0 Å². The van der Waals surface area contributed by atoms with Crippen LogP contribution in [0.5, 0.6) is 0 Å². The largest absolute Gasteiger partial charge is 0.550 e. The van der Waals surface area contributed by atoms with E-state index in [-0.39, 0.29) is 6.15 Å². The fourth-order valence-electron chi connectivity index (χ4n) is 7.09. The van der Waals surface area contributed by atoms with Gasteiger partial charge in [0.1, 0.15) is 0 Å². The number of unbranched alkanes of at least 4 members (excludes halogenated alkanes) is 23. The average Bonchev–Trinajstić information content (AvgIpc) is 2.94. The lowest BCUT2D eigenvalue weighted by Gasteiger charge is -2.42. The quantitative estimate of drug-likeness (QED) is 0.0782. The molecule has 0 radical (unpaired) electrons. The molecule has 0 aliphatic rings. The molecule has 0 aliphatic carbocycles. The molecule has 4 N–H and O–H groups in total. The minimum absolute atomic E-state index is 0. The molecule has 2 unspecified atom stereocenters. The Morgan fingerprint density at radius 3 is 1.10 bits per heavy atom. The van der Waals surface area contributed by atoms with Crippen molar-refractivity contribution in [3.8, 4) is 0 Å². The monoisotopic (exact) mass is 582 g/mol. The third-order valence-corrected chi connectivity index (χ3v) is 9.65. The van der Waals surface area contributed by atoms with E-state index in [2.05, 4.69) is 27.7 Å². The van der Waals surface area contributed by atoms with Gasteiger partial charge in [0.05, 0.1) is 0 Å². The molecule has 0 aliphatic heterocycles. The van der Waals surface area contributed by atoms with E-state index in [1.807, 2.05) is 0 Å². The molecule has 0 rings (SSSR count). The summed E-state index contributed by atoms with van der Waals surface area (Å²) in [5, 5.41) is 12.7. The Balaban J connectivity index is 0. The van der Waals surface area contributed by atoms with Gasteiger partial charge in [-0.05, 0) is 31.6 Å². The van der Waals surface area contributed by atoms with Gasteiger partial charge >= 0.3 is 0 Å². The average molecular weight is 582 g/mol. The maximum atomic E-state index is 12.7. The summed E-state index contributed by atoms with van der Waals surface area (Å²) in [5.41, 5.74) is -0.597. The van der Waals surface area contributed by atoms with Gasteiger partial charge in [-0.25, -0.2) is 0 Å². The topological polar surface area (TPSA) is 76.6 Å². The smallest absolute Gasteiger partial charge is 0.0478 e. The van der Waals surface area contributed by atoms with Gasteiger partial charge in [0, 0.05) is 11.4 Å². The third-order valence-electron chi connectivity index (χ3n) is 9.65. The highest BCUT2D eigenvalue weighted by atomic mass is 16.4. The van der Waals surface area contributed by atoms with Crippen molar-refractivity contribution in [2.24, 2.45) is 11.3 Å². The van der Waals surface area contributed by atoms with E-state index in [0.717, 1.165) is 44.9 Å².